The van der Waals surface area contributed by atoms with E-state index >= 15 is 0 Å². The van der Waals surface area contributed by atoms with E-state index in [1.165, 1.54) is 24.5 Å². The van der Waals surface area contributed by atoms with Gasteiger partial charge in [0.15, 0.2) is 16.7 Å². The van der Waals surface area contributed by atoms with Gasteiger partial charge >= 0.3 is 0 Å². The molecule has 0 saturated carbocycles. The molecule has 102 valence electrons. The van der Waals surface area contributed by atoms with Gasteiger partial charge in [-0.05, 0) is 30.3 Å². The number of nitrogens with one attached hydrogen (secondary N) is 1. The Balaban J connectivity index is 1.90. The number of methoxy groups -OCH3 is 1. The molecule has 0 radical (unpaired) electrons. The number of nitrogens with zero attached hydrogens (tertiary/aromatic N) is 1. The third kappa shape index (κ3) is 2.62. The summed E-state index contributed by atoms with van der Waals surface area (Å²) in [6.07, 6.45) is 0. The first-order chi connectivity index (χ1) is 9.65. The Hall–Kier alpha value is -1.66. The van der Waals surface area contributed by atoms with E-state index in [1.54, 1.807) is 12.1 Å². The number of benzene rings is 2. The van der Waals surface area contributed by atoms with E-state index in [-0.39, 0.29) is 5.75 Å². The molecule has 20 heavy (non-hydrogen) atoms. The minimum absolute atomic E-state index is 0.226. The van der Waals surface area contributed by atoms with Gasteiger partial charge in [0.1, 0.15) is 0 Å². The highest BCUT2D eigenvalue weighted by atomic mass is 79.9. The molecule has 2 aromatic carbocycles. The molecule has 0 atom stereocenters. The van der Waals surface area contributed by atoms with Crippen molar-refractivity contribution >= 4 is 48.3 Å². The average molecular weight is 353 g/mol. The normalized spacial score (nSPS) is 10.8. The van der Waals surface area contributed by atoms with Crippen molar-refractivity contribution in [3.8, 4) is 5.75 Å². The Bertz CT molecular complexity index is 775. The van der Waals surface area contributed by atoms with Crippen LogP contribution in [0.5, 0.6) is 5.75 Å². The zero-order valence-electron chi connectivity index (χ0n) is 10.5. The molecular weight excluding hydrogens is 343 g/mol. The molecule has 3 rings (SSSR count). The quantitative estimate of drug-likeness (QED) is 0.723. The lowest BCUT2D eigenvalue weighted by molar-refractivity contribution is 0.386. The number of halogens is 2. The molecule has 6 heteroatoms. The van der Waals surface area contributed by atoms with Gasteiger partial charge in [-0.25, -0.2) is 9.37 Å². The third-order valence-electron chi connectivity index (χ3n) is 2.75. The first kappa shape index (κ1) is 13.3. The van der Waals surface area contributed by atoms with Gasteiger partial charge in [-0.1, -0.05) is 27.3 Å². The number of anilines is 2. The number of ether oxygens (including phenoxy) is 1. The minimum atomic E-state index is -0.402. The maximum Gasteiger partial charge on any atom is 0.188 e. The van der Waals surface area contributed by atoms with Crippen LogP contribution in [0.4, 0.5) is 15.2 Å². The molecule has 0 spiro atoms. The van der Waals surface area contributed by atoms with Gasteiger partial charge in [0, 0.05) is 16.2 Å². The molecule has 0 fully saturated rings. The van der Waals surface area contributed by atoms with E-state index < -0.39 is 5.82 Å². The van der Waals surface area contributed by atoms with Gasteiger partial charge in [0.2, 0.25) is 0 Å². The van der Waals surface area contributed by atoms with Gasteiger partial charge in [0.25, 0.3) is 0 Å². The summed E-state index contributed by atoms with van der Waals surface area (Å²) in [6, 6.07) is 10.6. The second-order valence-electron chi connectivity index (χ2n) is 4.11. The molecule has 0 unspecified atom stereocenters. The summed E-state index contributed by atoms with van der Waals surface area (Å²) in [5, 5.41) is 3.83. The van der Waals surface area contributed by atoms with Gasteiger partial charge in [-0.15, -0.1) is 0 Å². The van der Waals surface area contributed by atoms with Crippen molar-refractivity contribution < 1.29 is 9.13 Å². The Morgan fingerprint density at radius 3 is 2.85 bits per heavy atom. The Labute approximate surface area is 127 Å². The fourth-order valence-corrected chi connectivity index (χ4v) is 3.04. The van der Waals surface area contributed by atoms with E-state index in [0.717, 1.165) is 19.8 Å². The molecule has 0 aliphatic carbocycles. The van der Waals surface area contributed by atoms with E-state index in [0.29, 0.717) is 5.69 Å². The van der Waals surface area contributed by atoms with Gasteiger partial charge in [0.05, 0.1) is 17.3 Å². The highest BCUT2D eigenvalue weighted by Gasteiger charge is 2.07. The molecular formula is C14H10BrFN2OS. The highest BCUT2D eigenvalue weighted by molar-refractivity contribution is 9.10. The zero-order valence-corrected chi connectivity index (χ0v) is 12.9. The second kappa shape index (κ2) is 5.38. The van der Waals surface area contributed by atoms with Crippen molar-refractivity contribution in [2.75, 3.05) is 12.4 Å². The Morgan fingerprint density at radius 1 is 1.25 bits per heavy atom. The van der Waals surface area contributed by atoms with Crippen molar-refractivity contribution in [3.05, 3.63) is 46.7 Å². The number of rotatable bonds is 3. The largest absolute Gasteiger partial charge is 0.494 e. The van der Waals surface area contributed by atoms with Crippen molar-refractivity contribution in [2.45, 2.75) is 0 Å². The summed E-state index contributed by atoms with van der Waals surface area (Å²) in [5.41, 5.74) is 1.54. The third-order valence-corrected chi connectivity index (χ3v) is 4.20. The summed E-state index contributed by atoms with van der Waals surface area (Å²) in [6.45, 7) is 0. The van der Waals surface area contributed by atoms with Gasteiger partial charge < -0.3 is 10.1 Å². The first-order valence-electron chi connectivity index (χ1n) is 5.82. The molecule has 0 aliphatic rings. The lowest BCUT2D eigenvalue weighted by atomic mass is 10.3. The summed E-state index contributed by atoms with van der Waals surface area (Å²) in [5.74, 6) is -0.176. The van der Waals surface area contributed by atoms with Crippen LogP contribution >= 0.6 is 27.3 Å². The smallest absolute Gasteiger partial charge is 0.188 e. The predicted octanol–water partition coefficient (Wildman–Crippen LogP) is 4.95. The number of hydrogen-bond donors (Lipinski definition) is 1. The molecule has 0 saturated heterocycles. The molecule has 0 bridgehead atoms. The van der Waals surface area contributed by atoms with E-state index in [4.69, 9.17) is 4.74 Å². The number of hydrogen-bond acceptors (Lipinski definition) is 4. The number of fused-ring (bicyclic) bond motifs is 1. The van der Waals surface area contributed by atoms with Gasteiger partial charge in [-0.3, -0.25) is 0 Å². The summed E-state index contributed by atoms with van der Waals surface area (Å²) in [7, 11) is 1.44. The van der Waals surface area contributed by atoms with E-state index in [1.807, 2.05) is 18.2 Å². The summed E-state index contributed by atoms with van der Waals surface area (Å²) < 4.78 is 20.6. The minimum Gasteiger partial charge on any atom is -0.494 e. The molecule has 1 N–H and O–H groups in total. The van der Waals surface area contributed by atoms with Crippen LogP contribution in [0.2, 0.25) is 0 Å². The maximum absolute atomic E-state index is 13.6. The highest BCUT2D eigenvalue weighted by Crippen LogP contribution is 2.31. The van der Waals surface area contributed by atoms with Crippen molar-refractivity contribution in [1.29, 1.82) is 0 Å². The van der Waals surface area contributed by atoms with Crippen molar-refractivity contribution in [1.82, 2.24) is 4.98 Å². The van der Waals surface area contributed by atoms with E-state index in [2.05, 4.69) is 26.2 Å². The van der Waals surface area contributed by atoms with Crippen LogP contribution in [0, 0.1) is 5.82 Å². The van der Waals surface area contributed by atoms with Crippen LogP contribution in [0.3, 0.4) is 0 Å². The number of thiazole rings is 1. The predicted molar refractivity (Wildman–Crippen MR) is 83.6 cm³/mol. The van der Waals surface area contributed by atoms with E-state index in [9.17, 15) is 4.39 Å². The molecule has 0 amide bonds. The lowest BCUT2D eigenvalue weighted by Gasteiger charge is -2.05. The molecule has 3 nitrogen and oxygen atoms in total. The first-order valence-corrected chi connectivity index (χ1v) is 7.43. The van der Waals surface area contributed by atoms with Crippen LogP contribution in [0.1, 0.15) is 0 Å². The SMILES string of the molecule is COc1ccc(Nc2nc3cc(Br)ccc3s2)cc1F. The Kier molecular flexibility index (Phi) is 3.58. The fraction of sp³-hybridized carbons (Fsp3) is 0.0714. The number of aromatic nitrogens is 1. The van der Waals surface area contributed by atoms with Crippen LogP contribution in [-0.2, 0) is 0 Å². The zero-order chi connectivity index (χ0) is 14.1. The maximum atomic E-state index is 13.6. The standard InChI is InChI=1S/C14H10BrFN2OS/c1-19-12-4-3-9(7-10(12)16)17-14-18-11-6-8(15)2-5-13(11)20-14/h2-7H,1H3,(H,17,18). The van der Waals surface area contributed by atoms with Crippen LogP contribution < -0.4 is 10.1 Å². The van der Waals surface area contributed by atoms with Crippen LogP contribution in [0.15, 0.2) is 40.9 Å². The molecule has 1 aromatic heterocycles. The Morgan fingerprint density at radius 2 is 2.10 bits per heavy atom. The molecule has 3 aromatic rings. The summed E-state index contributed by atoms with van der Waals surface area (Å²) in [4.78, 5) is 4.46. The van der Waals surface area contributed by atoms with Crippen molar-refractivity contribution in [3.63, 3.8) is 0 Å². The van der Waals surface area contributed by atoms with Gasteiger partial charge in [-0.2, -0.15) is 0 Å². The lowest BCUT2D eigenvalue weighted by Crippen LogP contribution is -1.92. The molecule has 0 aliphatic heterocycles. The fourth-order valence-electron chi connectivity index (χ4n) is 1.82. The summed E-state index contributed by atoms with van der Waals surface area (Å²) >= 11 is 4.93. The molecule has 1 heterocycles. The second-order valence-corrected chi connectivity index (χ2v) is 6.05. The van der Waals surface area contributed by atoms with Crippen LogP contribution in [0.25, 0.3) is 10.2 Å². The van der Waals surface area contributed by atoms with Crippen LogP contribution in [-0.4, -0.2) is 12.1 Å². The monoisotopic (exact) mass is 352 g/mol. The average Bonchev–Trinajstić information content (AvgIpc) is 2.80. The topological polar surface area (TPSA) is 34.1 Å². The van der Waals surface area contributed by atoms with Crippen molar-refractivity contribution in [2.24, 2.45) is 0 Å².